The van der Waals surface area contributed by atoms with Gasteiger partial charge in [0, 0.05) is 18.1 Å². The van der Waals surface area contributed by atoms with Crippen LogP contribution >= 0.6 is 0 Å². The van der Waals surface area contributed by atoms with Crippen molar-refractivity contribution >= 4 is 5.91 Å². The quantitative estimate of drug-likeness (QED) is 0.452. The van der Waals surface area contributed by atoms with Crippen LogP contribution in [0.5, 0.6) is 17.2 Å². The van der Waals surface area contributed by atoms with Gasteiger partial charge in [0.2, 0.25) is 5.91 Å². The van der Waals surface area contributed by atoms with Crippen LogP contribution in [0.3, 0.4) is 0 Å². The predicted octanol–water partition coefficient (Wildman–Crippen LogP) is 2.77. The van der Waals surface area contributed by atoms with Gasteiger partial charge in [-0.15, -0.1) is 0 Å². The zero-order valence-electron chi connectivity index (χ0n) is 19.9. The van der Waals surface area contributed by atoms with Crippen LogP contribution in [0.2, 0.25) is 0 Å². The molecule has 0 spiro atoms. The minimum absolute atomic E-state index is 0.163. The maximum absolute atomic E-state index is 14.0. The summed E-state index contributed by atoms with van der Waals surface area (Å²) in [6, 6.07) is 17.5. The first-order valence-corrected chi connectivity index (χ1v) is 11.3. The maximum Gasteiger partial charge on any atom is 0.250 e. The molecule has 8 nitrogen and oxygen atoms in total. The summed E-state index contributed by atoms with van der Waals surface area (Å²) < 4.78 is 31.6. The third-order valence-corrected chi connectivity index (χ3v) is 7.22. The highest BCUT2D eigenvalue weighted by atomic mass is 19.1. The Kier molecular flexibility index (Phi) is 5.86. The number of methoxy groups -OCH3 is 2. The monoisotopic (exact) mass is 495 g/mol. The Hall–Kier alpha value is -3.66. The number of carbonyl (C=O) groups excluding carboxylic acids is 1. The summed E-state index contributed by atoms with van der Waals surface area (Å²) in [6.45, 7) is 0. The summed E-state index contributed by atoms with van der Waals surface area (Å²) in [5, 5.41) is 24.4. The maximum atomic E-state index is 14.0. The van der Waals surface area contributed by atoms with Crippen LogP contribution in [0, 0.1) is 11.7 Å². The van der Waals surface area contributed by atoms with E-state index >= 15 is 0 Å². The van der Waals surface area contributed by atoms with Crippen molar-refractivity contribution in [2.45, 2.75) is 23.2 Å². The molecule has 9 heteroatoms. The van der Waals surface area contributed by atoms with Gasteiger partial charge in [-0.1, -0.05) is 42.5 Å². The van der Waals surface area contributed by atoms with E-state index in [0.717, 1.165) is 0 Å². The van der Waals surface area contributed by atoms with E-state index in [1.165, 1.54) is 45.6 Å². The third kappa shape index (κ3) is 3.13. The standard InChI is InChI=1S/C27H26FNO7/c1-33-18-13-19(34-2)23-20(14-18)36-27(16-9-11-17(28)12-10-16)22(15-7-5-4-6-8-15)21(25(31)29-35-3)24(30)26(23,27)32/h4-14,21-22,24,30,32H,1-3H3,(H,29,31)/t21-,22-,24-,26+,27+/m1/s1. The molecule has 0 saturated heterocycles. The number of hydroxylamine groups is 1. The topological polar surface area (TPSA) is 106 Å². The number of fused-ring (bicyclic) bond motifs is 3. The Bertz CT molecular complexity index is 1290. The van der Waals surface area contributed by atoms with Gasteiger partial charge in [-0.25, -0.2) is 9.87 Å². The molecule has 3 aromatic rings. The third-order valence-electron chi connectivity index (χ3n) is 7.22. The van der Waals surface area contributed by atoms with Crippen molar-refractivity contribution in [3.8, 4) is 17.2 Å². The number of hydrogen-bond donors (Lipinski definition) is 3. The Labute approximate surface area is 207 Å². The second-order valence-electron chi connectivity index (χ2n) is 8.84. The first-order chi connectivity index (χ1) is 17.3. The number of carbonyl (C=O) groups is 1. The number of hydrogen-bond acceptors (Lipinski definition) is 7. The minimum Gasteiger partial charge on any atom is -0.496 e. The van der Waals surface area contributed by atoms with Crippen LogP contribution < -0.4 is 19.7 Å². The summed E-state index contributed by atoms with van der Waals surface area (Å²) in [5.41, 5.74) is -0.496. The fourth-order valence-electron chi connectivity index (χ4n) is 5.82. The summed E-state index contributed by atoms with van der Waals surface area (Å²) in [4.78, 5) is 18.2. The molecule has 5 atom stereocenters. The van der Waals surface area contributed by atoms with Crippen LogP contribution in [-0.4, -0.2) is 43.6 Å². The Morgan fingerprint density at radius 3 is 2.33 bits per heavy atom. The Morgan fingerprint density at radius 2 is 1.72 bits per heavy atom. The molecule has 0 radical (unpaired) electrons. The zero-order valence-corrected chi connectivity index (χ0v) is 19.9. The zero-order chi connectivity index (χ0) is 25.7. The number of ether oxygens (including phenoxy) is 3. The van der Waals surface area contributed by atoms with Crippen molar-refractivity contribution < 1.29 is 38.4 Å². The van der Waals surface area contributed by atoms with Crippen molar-refractivity contribution in [3.63, 3.8) is 0 Å². The van der Waals surface area contributed by atoms with E-state index < -0.39 is 40.9 Å². The van der Waals surface area contributed by atoms with Crippen molar-refractivity contribution in [1.29, 1.82) is 0 Å². The second-order valence-corrected chi connectivity index (χ2v) is 8.84. The van der Waals surface area contributed by atoms with Crippen molar-refractivity contribution in [2.75, 3.05) is 21.3 Å². The lowest BCUT2D eigenvalue weighted by atomic mass is 9.70. The normalized spacial score (nSPS) is 28.1. The highest BCUT2D eigenvalue weighted by Crippen LogP contribution is 2.70. The molecular formula is C27H26FNO7. The molecule has 3 N–H and O–H groups in total. The van der Waals surface area contributed by atoms with E-state index in [9.17, 15) is 19.4 Å². The van der Waals surface area contributed by atoms with Gasteiger partial charge in [0.05, 0.1) is 32.8 Å². The van der Waals surface area contributed by atoms with E-state index in [0.29, 0.717) is 16.9 Å². The van der Waals surface area contributed by atoms with Crippen LogP contribution in [0.25, 0.3) is 0 Å². The van der Waals surface area contributed by atoms with E-state index in [1.54, 1.807) is 36.4 Å². The SMILES string of the molecule is CONC(=O)[C@H]1[C@@H](O)[C@@]2(O)c3c(OC)cc(OC)cc3O[C@@]2(c2ccc(F)cc2)[C@@H]1c1ccccc1. The number of nitrogens with one attached hydrogen (secondary N) is 1. The molecule has 0 aromatic heterocycles. The Morgan fingerprint density at radius 1 is 1.03 bits per heavy atom. The average molecular weight is 496 g/mol. The molecule has 5 rings (SSSR count). The van der Waals surface area contributed by atoms with Crippen LogP contribution in [-0.2, 0) is 20.8 Å². The molecule has 1 aliphatic heterocycles. The van der Waals surface area contributed by atoms with Gasteiger partial charge in [-0.05, 0) is 23.3 Å². The van der Waals surface area contributed by atoms with E-state index in [4.69, 9.17) is 19.0 Å². The molecule has 2 aliphatic rings. The summed E-state index contributed by atoms with van der Waals surface area (Å²) in [7, 11) is 4.18. The van der Waals surface area contributed by atoms with E-state index in [1.807, 2.05) is 6.07 Å². The smallest absolute Gasteiger partial charge is 0.250 e. The van der Waals surface area contributed by atoms with Gasteiger partial charge in [0.15, 0.2) is 11.2 Å². The molecule has 0 bridgehead atoms. The van der Waals surface area contributed by atoms with Crippen LogP contribution in [0.15, 0.2) is 66.7 Å². The molecule has 1 aliphatic carbocycles. The fraction of sp³-hybridized carbons (Fsp3) is 0.296. The van der Waals surface area contributed by atoms with Gasteiger partial charge >= 0.3 is 0 Å². The van der Waals surface area contributed by atoms with Crippen molar-refractivity contribution in [1.82, 2.24) is 5.48 Å². The first kappa shape index (κ1) is 24.1. The molecule has 188 valence electrons. The van der Waals surface area contributed by atoms with Gasteiger partial charge in [0.1, 0.15) is 29.2 Å². The lowest BCUT2D eigenvalue weighted by molar-refractivity contribution is -0.157. The summed E-state index contributed by atoms with van der Waals surface area (Å²) in [6.07, 6.45) is -1.67. The van der Waals surface area contributed by atoms with Crippen molar-refractivity contribution in [3.05, 3.63) is 89.2 Å². The highest BCUT2D eigenvalue weighted by molar-refractivity contribution is 5.82. The van der Waals surface area contributed by atoms with Gasteiger partial charge in [-0.2, -0.15) is 0 Å². The largest absolute Gasteiger partial charge is 0.496 e. The first-order valence-electron chi connectivity index (χ1n) is 11.3. The second kappa shape index (κ2) is 8.77. The molecular weight excluding hydrogens is 469 g/mol. The number of benzene rings is 3. The van der Waals surface area contributed by atoms with Crippen LogP contribution in [0.1, 0.15) is 22.6 Å². The van der Waals surface area contributed by atoms with Crippen molar-refractivity contribution in [2.24, 2.45) is 5.92 Å². The predicted molar refractivity (Wildman–Crippen MR) is 126 cm³/mol. The molecule has 1 amide bonds. The van der Waals surface area contributed by atoms with Gasteiger partial charge in [-0.3, -0.25) is 9.63 Å². The highest BCUT2D eigenvalue weighted by Gasteiger charge is 2.78. The molecule has 3 aromatic carbocycles. The molecule has 36 heavy (non-hydrogen) atoms. The van der Waals surface area contributed by atoms with E-state index in [2.05, 4.69) is 5.48 Å². The lowest BCUT2D eigenvalue weighted by Gasteiger charge is -2.40. The number of halogens is 1. The average Bonchev–Trinajstić information content (AvgIpc) is 3.27. The number of aliphatic hydroxyl groups is 2. The number of aliphatic hydroxyl groups excluding tert-OH is 1. The lowest BCUT2D eigenvalue weighted by Crippen LogP contribution is -2.52. The minimum atomic E-state index is -2.19. The van der Waals surface area contributed by atoms with E-state index in [-0.39, 0.29) is 17.1 Å². The fourth-order valence-corrected chi connectivity index (χ4v) is 5.82. The van der Waals surface area contributed by atoms with Gasteiger partial charge < -0.3 is 24.4 Å². The number of rotatable bonds is 6. The Balaban J connectivity index is 1.88. The molecule has 1 heterocycles. The molecule has 1 saturated carbocycles. The molecule has 0 unspecified atom stereocenters. The van der Waals surface area contributed by atoms with Gasteiger partial charge in [0.25, 0.3) is 0 Å². The summed E-state index contributed by atoms with van der Waals surface area (Å²) >= 11 is 0. The number of amides is 1. The van der Waals surface area contributed by atoms with Crippen LogP contribution in [0.4, 0.5) is 4.39 Å². The summed E-state index contributed by atoms with van der Waals surface area (Å²) in [5.74, 6) is -2.47. The molecule has 1 fully saturated rings.